The molecule has 0 aromatic heterocycles. The molecule has 2 aromatic rings. The molecule has 0 aliphatic heterocycles. The van der Waals surface area contributed by atoms with Crippen molar-refractivity contribution in [2.75, 3.05) is 0 Å². The van der Waals surface area contributed by atoms with Crippen molar-refractivity contribution in [2.45, 2.75) is 11.1 Å². The monoisotopic (exact) mass is 338 g/mol. The van der Waals surface area contributed by atoms with E-state index in [0.29, 0.717) is 6.07 Å². The Hall–Kier alpha value is -1.60. The maximum absolute atomic E-state index is 13.2. The predicted octanol–water partition coefficient (Wildman–Crippen LogP) is 4.44. The van der Waals surface area contributed by atoms with E-state index in [2.05, 4.69) is 0 Å². The van der Waals surface area contributed by atoms with E-state index in [1.165, 1.54) is 12.1 Å². The van der Waals surface area contributed by atoms with Gasteiger partial charge >= 0.3 is 6.18 Å². The molecule has 2 nitrogen and oxygen atoms in total. The van der Waals surface area contributed by atoms with Gasteiger partial charge in [0, 0.05) is 10.7 Å². The molecule has 0 bridgehead atoms. The maximum atomic E-state index is 13.2. The first kappa shape index (κ1) is 15.8. The van der Waals surface area contributed by atoms with Gasteiger partial charge in [-0.2, -0.15) is 13.2 Å². The van der Waals surface area contributed by atoms with Gasteiger partial charge in [-0.15, -0.1) is 0 Å². The number of alkyl halides is 3. The van der Waals surface area contributed by atoms with Gasteiger partial charge < -0.3 is 0 Å². The Morgan fingerprint density at radius 3 is 2.19 bits per heavy atom. The highest BCUT2D eigenvalue weighted by Gasteiger charge is 2.34. The number of rotatable bonds is 2. The zero-order valence-corrected chi connectivity index (χ0v) is 11.7. The summed E-state index contributed by atoms with van der Waals surface area (Å²) in [5.74, 6) is -0.736. The van der Waals surface area contributed by atoms with Crippen LogP contribution in [0.5, 0.6) is 0 Å². The Morgan fingerprint density at radius 2 is 1.67 bits per heavy atom. The summed E-state index contributed by atoms with van der Waals surface area (Å²) < 4.78 is 74.7. The van der Waals surface area contributed by atoms with Gasteiger partial charge in [-0.3, -0.25) is 0 Å². The van der Waals surface area contributed by atoms with Gasteiger partial charge in [-0.25, -0.2) is 12.8 Å². The minimum atomic E-state index is -4.71. The van der Waals surface area contributed by atoms with Crippen LogP contribution < -0.4 is 0 Å². The first-order valence-electron chi connectivity index (χ1n) is 5.51. The summed E-state index contributed by atoms with van der Waals surface area (Å²) >= 11 is 0. The molecule has 0 saturated carbocycles. The van der Waals surface area contributed by atoms with E-state index in [1.807, 2.05) is 0 Å². The number of hydrogen-bond acceptors (Lipinski definition) is 2. The molecule has 8 heteroatoms. The SMILES string of the molecule is O=S(=O)(Cl)c1ccc(C(F)(F)F)c(-c2cccc(F)c2)c1. The minimum Gasteiger partial charge on any atom is -0.207 e. The highest BCUT2D eigenvalue weighted by atomic mass is 35.7. The molecule has 0 aliphatic rings. The van der Waals surface area contributed by atoms with E-state index in [9.17, 15) is 26.0 Å². The van der Waals surface area contributed by atoms with Crippen LogP contribution in [0, 0.1) is 5.82 Å². The van der Waals surface area contributed by atoms with Crippen LogP contribution in [-0.2, 0) is 15.2 Å². The Bertz CT molecular complexity index is 785. The molecule has 0 aliphatic carbocycles. The summed E-state index contributed by atoms with van der Waals surface area (Å²) in [5, 5.41) is 0. The molecule has 0 N–H and O–H groups in total. The second kappa shape index (κ2) is 5.31. The van der Waals surface area contributed by atoms with Crippen molar-refractivity contribution in [1.82, 2.24) is 0 Å². The highest BCUT2D eigenvalue weighted by Crippen LogP contribution is 2.38. The van der Waals surface area contributed by atoms with Crippen molar-refractivity contribution in [3.05, 3.63) is 53.8 Å². The van der Waals surface area contributed by atoms with Crippen LogP contribution in [0.25, 0.3) is 11.1 Å². The maximum Gasteiger partial charge on any atom is 0.417 e. The molecule has 2 aromatic carbocycles. The predicted molar refractivity (Wildman–Crippen MR) is 69.9 cm³/mol. The smallest absolute Gasteiger partial charge is 0.207 e. The van der Waals surface area contributed by atoms with E-state index < -0.39 is 37.1 Å². The molecule has 0 spiro atoms. The Morgan fingerprint density at radius 1 is 1.00 bits per heavy atom. The Balaban J connectivity index is 2.76. The first-order valence-corrected chi connectivity index (χ1v) is 7.82. The molecule has 0 unspecified atom stereocenters. The fourth-order valence-electron chi connectivity index (χ4n) is 1.82. The fraction of sp³-hybridized carbons (Fsp3) is 0.0769. The van der Waals surface area contributed by atoms with Crippen LogP contribution in [-0.4, -0.2) is 8.42 Å². The second-order valence-corrected chi connectivity index (χ2v) is 6.72. The normalized spacial score (nSPS) is 12.4. The molecular formula is C13H7ClF4O2S. The first-order chi connectivity index (χ1) is 9.59. The molecule has 112 valence electrons. The molecular weight excluding hydrogens is 332 g/mol. The summed E-state index contributed by atoms with van der Waals surface area (Å²) in [6.07, 6.45) is -4.71. The lowest BCUT2D eigenvalue weighted by Crippen LogP contribution is -2.08. The van der Waals surface area contributed by atoms with Gasteiger partial charge in [-0.1, -0.05) is 12.1 Å². The second-order valence-electron chi connectivity index (χ2n) is 4.15. The van der Waals surface area contributed by atoms with Crippen molar-refractivity contribution in [2.24, 2.45) is 0 Å². The molecule has 0 fully saturated rings. The van der Waals surface area contributed by atoms with Crippen molar-refractivity contribution in [3.8, 4) is 11.1 Å². The van der Waals surface area contributed by atoms with Crippen LogP contribution in [0.2, 0.25) is 0 Å². The number of benzene rings is 2. The molecule has 2 rings (SSSR count). The quantitative estimate of drug-likeness (QED) is 0.599. The third-order valence-corrected chi connectivity index (χ3v) is 4.07. The number of halogens is 5. The van der Waals surface area contributed by atoms with E-state index in [0.717, 1.165) is 24.3 Å². The van der Waals surface area contributed by atoms with Crippen LogP contribution in [0.1, 0.15) is 5.56 Å². The number of hydrogen-bond donors (Lipinski definition) is 0. The van der Waals surface area contributed by atoms with Crippen LogP contribution >= 0.6 is 10.7 Å². The van der Waals surface area contributed by atoms with E-state index >= 15 is 0 Å². The molecule has 0 saturated heterocycles. The standard InChI is InChI=1S/C13H7ClF4O2S/c14-21(19,20)10-4-5-12(13(16,17)18)11(7-10)8-2-1-3-9(15)6-8/h1-7H. The Labute approximate surface area is 122 Å². The third kappa shape index (κ3) is 3.54. The average molecular weight is 339 g/mol. The molecule has 0 atom stereocenters. The topological polar surface area (TPSA) is 34.1 Å². The zero-order valence-electron chi connectivity index (χ0n) is 10.2. The minimum absolute atomic E-state index is 0.0931. The molecule has 0 amide bonds. The summed E-state index contributed by atoms with van der Waals surface area (Å²) in [4.78, 5) is -0.489. The lowest BCUT2D eigenvalue weighted by molar-refractivity contribution is -0.137. The van der Waals surface area contributed by atoms with Crippen molar-refractivity contribution in [3.63, 3.8) is 0 Å². The van der Waals surface area contributed by atoms with Gasteiger partial charge in [-0.05, 0) is 41.5 Å². The summed E-state index contributed by atoms with van der Waals surface area (Å²) in [7, 11) is 0.938. The fourth-order valence-corrected chi connectivity index (χ4v) is 2.59. The van der Waals surface area contributed by atoms with Crippen LogP contribution in [0.3, 0.4) is 0 Å². The van der Waals surface area contributed by atoms with E-state index in [1.54, 1.807) is 0 Å². The van der Waals surface area contributed by atoms with Gasteiger partial charge in [0.05, 0.1) is 10.5 Å². The van der Waals surface area contributed by atoms with Gasteiger partial charge in [0.25, 0.3) is 9.05 Å². The van der Waals surface area contributed by atoms with Crippen LogP contribution in [0.15, 0.2) is 47.4 Å². The lowest BCUT2D eigenvalue weighted by Gasteiger charge is -2.14. The van der Waals surface area contributed by atoms with Crippen LogP contribution in [0.4, 0.5) is 17.6 Å². The van der Waals surface area contributed by atoms with Gasteiger partial charge in [0.15, 0.2) is 0 Å². The third-order valence-electron chi connectivity index (χ3n) is 2.71. The molecule has 21 heavy (non-hydrogen) atoms. The van der Waals surface area contributed by atoms with Crippen molar-refractivity contribution in [1.29, 1.82) is 0 Å². The van der Waals surface area contributed by atoms with E-state index in [4.69, 9.17) is 10.7 Å². The zero-order chi connectivity index (χ0) is 15.8. The summed E-state index contributed by atoms with van der Waals surface area (Å²) in [6.45, 7) is 0. The molecule has 0 radical (unpaired) electrons. The highest BCUT2D eigenvalue weighted by molar-refractivity contribution is 8.13. The summed E-state index contributed by atoms with van der Waals surface area (Å²) in [5.41, 5.74) is -1.62. The Kier molecular flexibility index (Phi) is 3.99. The van der Waals surface area contributed by atoms with Crippen molar-refractivity contribution >= 4 is 19.7 Å². The average Bonchev–Trinajstić information content (AvgIpc) is 2.36. The van der Waals surface area contributed by atoms with Crippen molar-refractivity contribution < 1.29 is 26.0 Å². The van der Waals surface area contributed by atoms with Gasteiger partial charge in [0.1, 0.15) is 5.82 Å². The lowest BCUT2D eigenvalue weighted by atomic mass is 9.99. The van der Waals surface area contributed by atoms with E-state index in [-0.39, 0.29) is 5.56 Å². The summed E-state index contributed by atoms with van der Waals surface area (Å²) in [6, 6.07) is 6.57. The largest absolute Gasteiger partial charge is 0.417 e. The molecule has 0 heterocycles. The van der Waals surface area contributed by atoms with Gasteiger partial charge in [0.2, 0.25) is 0 Å².